The minimum Gasteiger partial charge on any atom is -0.324 e. The molecule has 0 unspecified atom stereocenters. The molecule has 0 spiro atoms. The Kier molecular flexibility index (Phi) is 5.01. The van der Waals surface area contributed by atoms with Crippen molar-refractivity contribution in [3.05, 3.63) is 64.2 Å². The Hall–Kier alpha value is -2.05. The Morgan fingerprint density at radius 2 is 1.88 bits per heavy atom. The van der Waals surface area contributed by atoms with Gasteiger partial charge in [0.05, 0.1) is 22.8 Å². The van der Waals surface area contributed by atoms with Crippen LogP contribution in [0.4, 0.5) is 18.9 Å². The number of benzene rings is 2. The van der Waals surface area contributed by atoms with Gasteiger partial charge in [-0.3, -0.25) is 9.69 Å². The summed E-state index contributed by atoms with van der Waals surface area (Å²) in [6.45, 7) is 1.46. The number of carbonyl (C=O) groups is 1. The van der Waals surface area contributed by atoms with Crippen molar-refractivity contribution in [2.45, 2.75) is 19.1 Å². The Balaban J connectivity index is 1.66. The molecule has 0 radical (unpaired) electrons. The lowest BCUT2D eigenvalue weighted by Crippen LogP contribution is -2.37. The van der Waals surface area contributed by atoms with Crippen LogP contribution >= 0.6 is 11.6 Å². The van der Waals surface area contributed by atoms with Gasteiger partial charge in [-0.2, -0.15) is 13.2 Å². The summed E-state index contributed by atoms with van der Waals surface area (Å²) in [7, 11) is 0. The highest BCUT2D eigenvalue weighted by atomic mass is 35.5. The average Bonchev–Trinajstić information content (AvgIpc) is 2.55. The van der Waals surface area contributed by atoms with Crippen LogP contribution in [-0.2, 0) is 23.9 Å². The molecular formula is C18H16ClF3N2O. The van der Waals surface area contributed by atoms with E-state index in [1.807, 2.05) is 23.1 Å². The quantitative estimate of drug-likeness (QED) is 0.873. The summed E-state index contributed by atoms with van der Waals surface area (Å²) in [6.07, 6.45) is -3.64. The van der Waals surface area contributed by atoms with E-state index in [9.17, 15) is 18.0 Å². The first-order valence-electron chi connectivity index (χ1n) is 7.78. The first kappa shape index (κ1) is 17.8. The standard InChI is InChI=1S/C18H16ClF3N2O/c19-15-6-5-14(18(20,21)22)9-16(15)23-17(25)11-24-8-7-12-3-1-2-4-13(12)10-24/h1-6,9H,7-8,10-11H2,(H,23,25). The van der Waals surface area contributed by atoms with Crippen molar-refractivity contribution in [3.63, 3.8) is 0 Å². The average molecular weight is 369 g/mol. The normalized spacial score (nSPS) is 14.9. The third kappa shape index (κ3) is 4.32. The van der Waals surface area contributed by atoms with Gasteiger partial charge in [-0.05, 0) is 35.7 Å². The van der Waals surface area contributed by atoms with Crippen molar-refractivity contribution in [1.29, 1.82) is 0 Å². The molecule has 0 fully saturated rings. The summed E-state index contributed by atoms with van der Waals surface area (Å²) in [5.41, 5.74) is 1.55. The van der Waals surface area contributed by atoms with Crippen LogP contribution < -0.4 is 5.32 Å². The maximum absolute atomic E-state index is 12.8. The van der Waals surface area contributed by atoms with Crippen LogP contribution in [0, 0.1) is 0 Å². The van der Waals surface area contributed by atoms with Crippen molar-refractivity contribution in [3.8, 4) is 0 Å². The Labute approximate surface area is 148 Å². The van der Waals surface area contributed by atoms with E-state index in [1.165, 1.54) is 11.1 Å². The van der Waals surface area contributed by atoms with E-state index in [4.69, 9.17) is 11.6 Å². The molecule has 0 aromatic heterocycles. The molecule has 0 saturated heterocycles. The van der Waals surface area contributed by atoms with Gasteiger partial charge in [0.15, 0.2) is 0 Å². The summed E-state index contributed by atoms with van der Waals surface area (Å²) in [5, 5.41) is 2.56. The molecular weight excluding hydrogens is 353 g/mol. The molecule has 3 nitrogen and oxygen atoms in total. The van der Waals surface area contributed by atoms with Crippen molar-refractivity contribution in [1.82, 2.24) is 4.90 Å². The topological polar surface area (TPSA) is 32.3 Å². The largest absolute Gasteiger partial charge is 0.416 e. The van der Waals surface area contributed by atoms with E-state index in [0.717, 1.165) is 31.2 Å². The minimum atomic E-state index is -4.49. The highest BCUT2D eigenvalue weighted by Gasteiger charge is 2.31. The number of nitrogens with zero attached hydrogens (tertiary/aromatic N) is 1. The van der Waals surface area contributed by atoms with Crippen molar-refractivity contribution < 1.29 is 18.0 Å². The molecule has 1 N–H and O–H groups in total. The SMILES string of the molecule is O=C(CN1CCc2ccccc2C1)Nc1cc(C(F)(F)F)ccc1Cl. The number of rotatable bonds is 3. The van der Waals surface area contributed by atoms with Gasteiger partial charge in [0.1, 0.15) is 0 Å². The molecule has 1 amide bonds. The van der Waals surface area contributed by atoms with Crippen LogP contribution in [0.5, 0.6) is 0 Å². The number of halogens is 4. The fourth-order valence-electron chi connectivity index (χ4n) is 2.88. The van der Waals surface area contributed by atoms with Crippen LogP contribution in [0.25, 0.3) is 0 Å². The van der Waals surface area contributed by atoms with Gasteiger partial charge in [-0.1, -0.05) is 35.9 Å². The molecule has 25 heavy (non-hydrogen) atoms. The molecule has 0 saturated carbocycles. The zero-order valence-electron chi connectivity index (χ0n) is 13.2. The summed E-state index contributed by atoms with van der Waals surface area (Å²) < 4.78 is 38.4. The summed E-state index contributed by atoms with van der Waals surface area (Å²) in [4.78, 5) is 14.2. The van der Waals surface area contributed by atoms with E-state index in [0.29, 0.717) is 6.54 Å². The molecule has 7 heteroatoms. The number of nitrogens with one attached hydrogen (secondary N) is 1. The van der Waals surface area contributed by atoms with Gasteiger partial charge in [0.2, 0.25) is 5.91 Å². The Bertz CT molecular complexity index is 792. The zero-order valence-corrected chi connectivity index (χ0v) is 14.0. The molecule has 3 rings (SSSR count). The van der Waals surface area contributed by atoms with Crippen LogP contribution in [0.15, 0.2) is 42.5 Å². The third-order valence-corrected chi connectivity index (χ3v) is 4.47. The number of fused-ring (bicyclic) bond motifs is 1. The number of amides is 1. The predicted octanol–water partition coefficient (Wildman–Crippen LogP) is 4.36. The summed E-state index contributed by atoms with van der Waals surface area (Å²) >= 11 is 5.90. The molecule has 2 aromatic rings. The number of hydrogen-bond acceptors (Lipinski definition) is 2. The first-order valence-corrected chi connectivity index (χ1v) is 8.16. The van der Waals surface area contributed by atoms with E-state index < -0.39 is 11.7 Å². The maximum atomic E-state index is 12.8. The van der Waals surface area contributed by atoms with Crippen molar-refractivity contribution in [2.24, 2.45) is 0 Å². The van der Waals surface area contributed by atoms with Crippen LogP contribution in [0.1, 0.15) is 16.7 Å². The van der Waals surface area contributed by atoms with Gasteiger partial charge >= 0.3 is 6.18 Å². The fourth-order valence-corrected chi connectivity index (χ4v) is 3.04. The summed E-state index contributed by atoms with van der Waals surface area (Å²) in [5.74, 6) is -0.388. The Morgan fingerprint density at radius 3 is 2.60 bits per heavy atom. The molecule has 1 aliphatic heterocycles. The Morgan fingerprint density at radius 1 is 1.16 bits per heavy atom. The molecule has 1 heterocycles. The first-order chi connectivity index (χ1) is 11.8. The second-order valence-electron chi connectivity index (χ2n) is 5.97. The molecule has 0 atom stereocenters. The van der Waals surface area contributed by atoms with E-state index >= 15 is 0 Å². The van der Waals surface area contributed by atoms with Crippen molar-refractivity contribution in [2.75, 3.05) is 18.4 Å². The second-order valence-corrected chi connectivity index (χ2v) is 6.38. The molecule has 1 aliphatic rings. The lowest BCUT2D eigenvalue weighted by atomic mass is 10.00. The molecule has 132 valence electrons. The minimum absolute atomic E-state index is 0.0288. The van der Waals surface area contributed by atoms with Gasteiger partial charge in [0.25, 0.3) is 0 Å². The number of anilines is 1. The predicted molar refractivity (Wildman–Crippen MR) is 90.5 cm³/mol. The van der Waals surface area contributed by atoms with Gasteiger partial charge in [0, 0.05) is 13.1 Å². The van der Waals surface area contributed by atoms with E-state index in [-0.39, 0.29) is 23.2 Å². The van der Waals surface area contributed by atoms with Crippen LogP contribution in [0.3, 0.4) is 0 Å². The number of alkyl halides is 3. The lowest BCUT2D eigenvalue weighted by molar-refractivity contribution is -0.137. The van der Waals surface area contributed by atoms with Gasteiger partial charge < -0.3 is 5.32 Å². The second kappa shape index (κ2) is 7.06. The van der Waals surface area contributed by atoms with Crippen molar-refractivity contribution >= 4 is 23.2 Å². The van der Waals surface area contributed by atoms with Gasteiger partial charge in [-0.25, -0.2) is 0 Å². The number of hydrogen-bond donors (Lipinski definition) is 1. The summed E-state index contributed by atoms with van der Waals surface area (Å²) in [6, 6.07) is 10.9. The fraction of sp³-hybridized carbons (Fsp3) is 0.278. The van der Waals surface area contributed by atoms with Gasteiger partial charge in [-0.15, -0.1) is 0 Å². The number of carbonyl (C=O) groups excluding carboxylic acids is 1. The van der Waals surface area contributed by atoms with Crippen LogP contribution in [0.2, 0.25) is 5.02 Å². The molecule has 0 bridgehead atoms. The van der Waals surface area contributed by atoms with E-state index in [1.54, 1.807) is 0 Å². The third-order valence-electron chi connectivity index (χ3n) is 4.14. The molecule has 2 aromatic carbocycles. The van der Waals surface area contributed by atoms with E-state index in [2.05, 4.69) is 11.4 Å². The smallest absolute Gasteiger partial charge is 0.324 e. The monoisotopic (exact) mass is 368 g/mol. The lowest BCUT2D eigenvalue weighted by Gasteiger charge is -2.28. The highest BCUT2D eigenvalue weighted by Crippen LogP contribution is 2.33. The maximum Gasteiger partial charge on any atom is 0.416 e. The molecule has 0 aliphatic carbocycles. The highest BCUT2D eigenvalue weighted by molar-refractivity contribution is 6.33. The van der Waals surface area contributed by atoms with Crippen LogP contribution in [-0.4, -0.2) is 23.9 Å². The zero-order chi connectivity index (χ0) is 18.0.